The number of aryl methyl sites for hydroxylation is 1. The van der Waals surface area contributed by atoms with Crippen LogP contribution in [0.25, 0.3) is 0 Å². The fourth-order valence-corrected chi connectivity index (χ4v) is 1.55. The van der Waals surface area contributed by atoms with Crippen LogP contribution in [0.15, 0.2) is 5.51 Å². The molecule has 0 fully saturated rings. The molecule has 2 N–H and O–H groups in total. The number of ether oxygens (including phenoxy) is 1. The van der Waals surface area contributed by atoms with Gasteiger partial charge in [0.15, 0.2) is 0 Å². The van der Waals surface area contributed by atoms with Crippen LogP contribution >= 0.6 is 11.3 Å². The average Bonchev–Trinajstić information content (AvgIpc) is 2.58. The van der Waals surface area contributed by atoms with Crippen molar-refractivity contribution < 1.29 is 14.6 Å². The smallest absolute Gasteiger partial charge is 0.407 e. The molecule has 0 unspecified atom stereocenters. The van der Waals surface area contributed by atoms with Crippen LogP contribution in [-0.4, -0.2) is 29.4 Å². The van der Waals surface area contributed by atoms with Crippen molar-refractivity contribution in [2.45, 2.75) is 13.5 Å². The number of nitrogens with one attached hydrogen (secondary N) is 1. The first-order chi connectivity index (χ1) is 6.74. The van der Waals surface area contributed by atoms with Gasteiger partial charge in [0, 0.05) is 4.88 Å². The Morgan fingerprint density at radius 2 is 2.57 bits per heavy atom. The van der Waals surface area contributed by atoms with E-state index in [9.17, 15) is 4.79 Å². The van der Waals surface area contributed by atoms with E-state index >= 15 is 0 Å². The van der Waals surface area contributed by atoms with E-state index in [2.05, 4.69) is 15.0 Å². The highest BCUT2D eigenvalue weighted by Crippen LogP contribution is 2.10. The Labute approximate surface area is 85.7 Å². The lowest BCUT2D eigenvalue weighted by molar-refractivity contribution is 0.119. The van der Waals surface area contributed by atoms with Gasteiger partial charge in [-0.05, 0) is 6.92 Å². The Bertz CT molecular complexity index is 301. The van der Waals surface area contributed by atoms with E-state index in [1.54, 1.807) is 5.51 Å². The summed E-state index contributed by atoms with van der Waals surface area (Å²) < 4.78 is 4.61. The predicted octanol–water partition coefficient (Wildman–Crippen LogP) is 0.670. The SMILES string of the molecule is Cc1ncsc1CNC(=O)OCCO. The molecule has 0 radical (unpaired) electrons. The number of hydrogen-bond donors (Lipinski definition) is 2. The van der Waals surface area contributed by atoms with Gasteiger partial charge in [0.2, 0.25) is 0 Å². The highest BCUT2D eigenvalue weighted by atomic mass is 32.1. The molecule has 14 heavy (non-hydrogen) atoms. The van der Waals surface area contributed by atoms with E-state index in [-0.39, 0.29) is 13.2 Å². The van der Waals surface area contributed by atoms with Crippen molar-refractivity contribution in [2.75, 3.05) is 13.2 Å². The molecule has 1 aromatic heterocycles. The highest BCUT2D eigenvalue weighted by molar-refractivity contribution is 7.09. The summed E-state index contributed by atoms with van der Waals surface area (Å²) in [5.74, 6) is 0. The Morgan fingerprint density at radius 1 is 1.79 bits per heavy atom. The summed E-state index contributed by atoms with van der Waals surface area (Å²) in [6.07, 6.45) is -0.521. The molecule has 1 rings (SSSR count). The van der Waals surface area contributed by atoms with Crippen molar-refractivity contribution in [2.24, 2.45) is 0 Å². The minimum absolute atomic E-state index is 0.0213. The molecular formula is C8H12N2O3S. The summed E-state index contributed by atoms with van der Waals surface area (Å²) >= 11 is 1.48. The second-order valence-electron chi connectivity index (χ2n) is 2.57. The largest absolute Gasteiger partial charge is 0.447 e. The summed E-state index contributed by atoms with van der Waals surface area (Å²) in [5.41, 5.74) is 2.64. The number of carbonyl (C=O) groups is 1. The third-order valence-electron chi connectivity index (χ3n) is 1.56. The fourth-order valence-electron chi connectivity index (χ4n) is 0.838. The Kier molecular flexibility index (Phi) is 4.34. The topological polar surface area (TPSA) is 71.5 Å². The molecule has 0 aliphatic heterocycles. The van der Waals surface area contributed by atoms with Gasteiger partial charge in [-0.15, -0.1) is 11.3 Å². The summed E-state index contributed by atoms with van der Waals surface area (Å²) in [4.78, 5) is 16.0. The zero-order valence-corrected chi connectivity index (χ0v) is 8.63. The first-order valence-electron chi connectivity index (χ1n) is 4.14. The number of nitrogens with zero attached hydrogens (tertiary/aromatic N) is 1. The van der Waals surface area contributed by atoms with Gasteiger partial charge in [-0.3, -0.25) is 0 Å². The average molecular weight is 216 g/mol. The van der Waals surface area contributed by atoms with Gasteiger partial charge in [0.05, 0.1) is 24.4 Å². The van der Waals surface area contributed by atoms with Crippen LogP contribution < -0.4 is 5.32 Å². The number of amides is 1. The third-order valence-corrected chi connectivity index (χ3v) is 2.50. The predicted molar refractivity (Wildman–Crippen MR) is 52.1 cm³/mol. The molecule has 0 spiro atoms. The molecule has 0 aliphatic rings. The van der Waals surface area contributed by atoms with Crippen LogP contribution in [0.3, 0.4) is 0 Å². The first kappa shape index (κ1) is 10.9. The molecule has 0 saturated carbocycles. The van der Waals surface area contributed by atoms with Gasteiger partial charge in [-0.25, -0.2) is 9.78 Å². The van der Waals surface area contributed by atoms with E-state index in [1.807, 2.05) is 6.92 Å². The van der Waals surface area contributed by atoms with E-state index in [0.717, 1.165) is 10.6 Å². The van der Waals surface area contributed by atoms with Crippen molar-refractivity contribution >= 4 is 17.4 Å². The van der Waals surface area contributed by atoms with Crippen LogP contribution in [0.4, 0.5) is 4.79 Å². The van der Waals surface area contributed by atoms with Crippen LogP contribution in [-0.2, 0) is 11.3 Å². The molecule has 1 aromatic rings. The molecule has 0 aromatic carbocycles. The van der Waals surface area contributed by atoms with E-state index in [1.165, 1.54) is 11.3 Å². The molecule has 78 valence electrons. The van der Waals surface area contributed by atoms with Crippen LogP contribution in [0, 0.1) is 6.92 Å². The zero-order chi connectivity index (χ0) is 10.4. The van der Waals surface area contributed by atoms with Gasteiger partial charge in [-0.2, -0.15) is 0 Å². The second kappa shape index (κ2) is 5.56. The maximum atomic E-state index is 10.9. The number of aromatic nitrogens is 1. The second-order valence-corrected chi connectivity index (χ2v) is 3.51. The number of aliphatic hydroxyl groups is 1. The molecule has 0 bridgehead atoms. The number of rotatable bonds is 4. The lowest BCUT2D eigenvalue weighted by atomic mass is 10.4. The number of alkyl carbamates (subject to hydrolysis) is 1. The van der Waals surface area contributed by atoms with Crippen LogP contribution in [0.2, 0.25) is 0 Å². The van der Waals surface area contributed by atoms with Crippen molar-refractivity contribution in [1.82, 2.24) is 10.3 Å². The van der Waals surface area contributed by atoms with E-state index in [4.69, 9.17) is 5.11 Å². The molecule has 6 heteroatoms. The summed E-state index contributed by atoms with van der Waals surface area (Å²) in [6, 6.07) is 0. The number of carbonyl (C=O) groups excluding carboxylic acids is 1. The van der Waals surface area contributed by atoms with Gasteiger partial charge in [-0.1, -0.05) is 0 Å². The van der Waals surface area contributed by atoms with Gasteiger partial charge >= 0.3 is 6.09 Å². The van der Waals surface area contributed by atoms with E-state index in [0.29, 0.717) is 6.54 Å². The Morgan fingerprint density at radius 3 is 3.14 bits per heavy atom. The minimum atomic E-state index is -0.521. The fraction of sp³-hybridized carbons (Fsp3) is 0.500. The van der Waals surface area contributed by atoms with Crippen LogP contribution in [0.1, 0.15) is 10.6 Å². The maximum absolute atomic E-state index is 10.9. The molecule has 0 aliphatic carbocycles. The molecule has 0 saturated heterocycles. The third kappa shape index (κ3) is 3.31. The monoisotopic (exact) mass is 216 g/mol. The molecule has 1 amide bonds. The Balaban J connectivity index is 2.27. The van der Waals surface area contributed by atoms with Crippen LogP contribution in [0.5, 0.6) is 0 Å². The van der Waals surface area contributed by atoms with Crippen molar-refractivity contribution in [3.8, 4) is 0 Å². The van der Waals surface area contributed by atoms with Gasteiger partial charge in [0.1, 0.15) is 6.61 Å². The molecule has 5 nitrogen and oxygen atoms in total. The molecule has 0 atom stereocenters. The zero-order valence-electron chi connectivity index (χ0n) is 7.82. The lowest BCUT2D eigenvalue weighted by Crippen LogP contribution is -2.24. The van der Waals surface area contributed by atoms with Crippen molar-refractivity contribution in [3.63, 3.8) is 0 Å². The van der Waals surface area contributed by atoms with Crippen molar-refractivity contribution in [1.29, 1.82) is 0 Å². The molecule has 1 heterocycles. The first-order valence-corrected chi connectivity index (χ1v) is 5.02. The van der Waals surface area contributed by atoms with Crippen molar-refractivity contribution in [3.05, 3.63) is 16.1 Å². The Hall–Kier alpha value is -1.14. The van der Waals surface area contributed by atoms with Gasteiger partial charge in [0.25, 0.3) is 0 Å². The summed E-state index contributed by atoms with van der Waals surface area (Å²) in [6.45, 7) is 2.16. The van der Waals surface area contributed by atoms with E-state index < -0.39 is 6.09 Å². The number of hydrogen-bond acceptors (Lipinski definition) is 5. The quantitative estimate of drug-likeness (QED) is 0.776. The number of thiazole rings is 1. The standard InChI is InChI=1S/C8H12N2O3S/c1-6-7(14-5-10-6)4-9-8(12)13-3-2-11/h5,11H,2-4H2,1H3,(H,9,12). The lowest BCUT2D eigenvalue weighted by Gasteiger charge is -2.04. The summed E-state index contributed by atoms with van der Waals surface area (Å²) in [7, 11) is 0. The van der Waals surface area contributed by atoms with Gasteiger partial charge < -0.3 is 15.2 Å². The highest BCUT2D eigenvalue weighted by Gasteiger charge is 2.04. The maximum Gasteiger partial charge on any atom is 0.407 e. The normalized spacial score (nSPS) is 9.86. The minimum Gasteiger partial charge on any atom is -0.447 e. The molecular weight excluding hydrogens is 204 g/mol. The number of aliphatic hydroxyl groups excluding tert-OH is 1. The summed E-state index contributed by atoms with van der Waals surface area (Å²) in [5, 5.41) is 11.0.